The van der Waals surface area contributed by atoms with Gasteiger partial charge in [-0.25, -0.2) is 4.68 Å². The number of nitrogens with one attached hydrogen (secondary N) is 1. The molecule has 5 heteroatoms. The molecule has 1 aliphatic carbocycles. The molecule has 0 aromatic carbocycles. The van der Waals surface area contributed by atoms with Crippen LogP contribution in [0.2, 0.25) is 0 Å². The second-order valence-electron chi connectivity index (χ2n) is 4.51. The van der Waals surface area contributed by atoms with Crippen LogP contribution in [0.4, 0.5) is 11.5 Å². The van der Waals surface area contributed by atoms with Crippen LogP contribution in [0.5, 0.6) is 0 Å². The van der Waals surface area contributed by atoms with E-state index in [4.69, 9.17) is 0 Å². The lowest BCUT2D eigenvalue weighted by Gasteiger charge is -2.29. The molecule has 2 aliphatic rings. The van der Waals surface area contributed by atoms with Crippen molar-refractivity contribution in [2.45, 2.75) is 39.3 Å². The van der Waals surface area contributed by atoms with Gasteiger partial charge in [0.15, 0.2) is 5.82 Å². The van der Waals surface area contributed by atoms with Crippen molar-refractivity contribution in [1.82, 2.24) is 9.78 Å². The predicted octanol–water partition coefficient (Wildman–Crippen LogP) is 1.13. The van der Waals surface area contributed by atoms with E-state index in [-0.39, 0.29) is 5.91 Å². The number of carbonyl (C=O) groups excluding carboxylic acids is 1. The van der Waals surface area contributed by atoms with Crippen LogP contribution >= 0.6 is 0 Å². The molecule has 0 unspecified atom stereocenters. The van der Waals surface area contributed by atoms with Gasteiger partial charge in [-0.05, 0) is 26.7 Å². The molecule has 1 aliphatic heterocycles. The summed E-state index contributed by atoms with van der Waals surface area (Å²) in [5, 5.41) is 7.40. The Kier molecular flexibility index (Phi) is 1.96. The van der Waals surface area contributed by atoms with Crippen molar-refractivity contribution in [3.63, 3.8) is 0 Å². The molecule has 1 aromatic heterocycles. The van der Waals surface area contributed by atoms with Crippen molar-refractivity contribution in [3.8, 4) is 0 Å². The summed E-state index contributed by atoms with van der Waals surface area (Å²) in [7, 11) is 0. The third-order valence-corrected chi connectivity index (χ3v) is 3.24. The Morgan fingerprint density at radius 2 is 2.25 bits per heavy atom. The van der Waals surface area contributed by atoms with E-state index in [2.05, 4.69) is 22.2 Å². The fraction of sp³-hybridized carbons (Fsp3) is 0.636. The Bertz CT molecular complexity index is 447. The van der Waals surface area contributed by atoms with E-state index in [9.17, 15) is 4.79 Å². The first-order chi connectivity index (χ1) is 7.70. The summed E-state index contributed by atoms with van der Waals surface area (Å²) < 4.78 is 1.99. The van der Waals surface area contributed by atoms with Gasteiger partial charge in [0.25, 0.3) is 0 Å². The molecule has 3 rings (SSSR count). The van der Waals surface area contributed by atoms with Gasteiger partial charge in [-0.15, -0.1) is 0 Å². The minimum Gasteiger partial charge on any atom is -0.343 e. The van der Waals surface area contributed by atoms with E-state index < -0.39 is 0 Å². The van der Waals surface area contributed by atoms with Crippen LogP contribution < -0.4 is 10.2 Å². The highest BCUT2D eigenvalue weighted by atomic mass is 16.2. The first-order valence-electron chi connectivity index (χ1n) is 5.84. The molecule has 0 saturated heterocycles. The summed E-state index contributed by atoms with van der Waals surface area (Å²) >= 11 is 0. The van der Waals surface area contributed by atoms with Crippen LogP contribution in [0, 0.1) is 6.92 Å². The van der Waals surface area contributed by atoms with Crippen LogP contribution in [0.3, 0.4) is 0 Å². The SMILES string of the molecule is CCn1nc(C)c2c1N(C1CC1)CC(=O)N2. The molecule has 0 spiro atoms. The number of hydrogen-bond acceptors (Lipinski definition) is 3. The second-order valence-corrected chi connectivity index (χ2v) is 4.51. The fourth-order valence-electron chi connectivity index (χ4n) is 2.32. The first kappa shape index (κ1) is 9.69. The standard InChI is InChI=1S/C11H16N4O/c1-3-15-11-10(7(2)13-15)12-9(16)6-14(11)8-4-5-8/h8H,3-6H2,1-2H3,(H,12,16). The molecule has 5 nitrogen and oxygen atoms in total. The zero-order valence-electron chi connectivity index (χ0n) is 9.66. The second kappa shape index (κ2) is 3.23. The molecule has 1 aromatic rings. The van der Waals surface area contributed by atoms with Crippen molar-refractivity contribution in [2.24, 2.45) is 0 Å². The van der Waals surface area contributed by atoms with Gasteiger partial charge < -0.3 is 10.2 Å². The minimum atomic E-state index is 0.0816. The Balaban J connectivity index is 2.10. The molecule has 1 N–H and O–H groups in total. The summed E-state index contributed by atoms with van der Waals surface area (Å²) in [5.74, 6) is 1.18. The van der Waals surface area contributed by atoms with E-state index in [1.807, 2.05) is 11.6 Å². The van der Waals surface area contributed by atoms with E-state index in [0.717, 1.165) is 23.7 Å². The Hall–Kier alpha value is -1.52. The predicted molar refractivity (Wildman–Crippen MR) is 61.6 cm³/mol. The molecule has 0 bridgehead atoms. The van der Waals surface area contributed by atoms with Crippen LogP contribution in [-0.2, 0) is 11.3 Å². The quantitative estimate of drug-likeness (QED) is 0.813. The molecule has 0 atom stereocenters. The summed E-state index contributed by atoms with van der Waals surface area (Å²) in [5.41, 5.74) is 1.82. The lowest BCUT2D eigenvalue weighted by atomic mass is 10.2. The minimum absolute atomic E-state index is 0.0816. The van der Waals surface area contributed by atoms with E-state index in [1.165, 1.54) is 12.8 Å². The fourth-order valence-corrected chi connectivity index (χ4v) is 2.32. The average Bonchev–Trinajstić information content (AvgIpc) is 3.04. The normalized spacial score (nSPS) is 19.6. The molecule has 1 fully saturated rings. The summed E-state index contributed by atoms with van der Waals surface area (Å²) in [6, 6.07) is 0.547. The molecule has 16 heavy (non-hydrogen) atoms. The molecular weight excluding hydrogens is 204 g/mol. The summed E-state index contributed by atoms with van der Waals surface area (Å²) in [6.07, 6.45) is 2.39. The van der Waals surface area contributed by atoms with Crippen molar-refractivity contribution in [3.05, 3.63) is 5.69 Å². The highest BCUT2D eigenvalue weighted by Crippen LogP contribution is 2.39. The van der Waals surface area contributed by atoms with Crippen molar-refractivity contribution >= 4 is 17.4 Å². The number of amides is 1. The molecule has 1 amide bonds. The summed E-state index contributed by atoms with van der Waals surface area (Å²) in [4.78, 5) is 13.8. The lowest BCUT2D eigenvalue weighted by molar-refractivity contribution is -0.115. The monoisotopic (exact) mass is 220 g/mol. The van der Waals surface area contributed by atoms with Gasteiger partial charge in [0.2, 0.25) is 5.91 Å². The largest absolute Gasteiger partial charge is 0.343 e. The zero-order valence-corrected chi connectivity index (χ0v) is 9.66. The summed E-state index contributed by atoms with van der Waals surface area (Å²) in [6.45, 7) is 5.34. The Morgan fingerprint density at radius 1 is 1.50 bits per heavy atom. The molecule has 86 valence electrons. The number of rotatable bonds is 2. The van der Waals surface area contributed by atoms with Gasteiger partial charge in [-0.1, -0.05) is 0 Å². The topological polar surface area (TPSA) is 50.2 Å². The van der Waals surface area contributed by atoms with E-state index in [1.54, 1.807) is 0 Å². The third kappa shape index (κ3) is 1.31. The Morgan fingerprint density at radius 3 is 2.88 bits per heavy atom. The number of anilines is 2. The van der Waals surface area contributed by atoms with Gasteiger partial charge in [-0.3, -0.25) is 4.79 Å². The molecule has 2 heterocycles. The van der Waals surface area contributed by atoms with Crippen LogP contribution in [0.15, 0.2) is 0 Å². The first-order valence-corrected chi connectivity index (χ1v) is 5.84. The van der Waals surface area contributed by atoms with Crippen molar-refractivity contribution in [1.29, 1.82) is 0 Å². The average molecular weight is 220 g/mol. The van der Waals surface area contributed by atoms with Gasteiger partial charge in [0, 0.05) is 12.6 Å². The zero-order chi connectivity index (χ0) is 11.3. The number of aromatic nitrogens is 2. The number of carbonyl (C=O) groups is 1. The van der Waals surface area contributed by atoms with Crippen LogP contribution in [0.1, 0.15) is 25.5 Å². The van der Waals surface area contributed by atoms with Gasteiger partial charge in [0.05, 0.1) is 12.2 Å². The Labute approximate surface area is 94.4 Å². The van der Waals surface area contributed by atoms with Gasteiger partial charge >= 0.3 is 0 Å². The maximum atomic E-state index is 11.6. The smallest absolute Gasteiger partial charge is 0.244 e. The molecular formula is C11H16N4O. The van der Waals surface area contributed by atoms with Crippen molar-refractivity contribution < 1.29 is 4.79 Å². The maximum Gasteiger partial charge on any atom is 0.244 e. The number of fused-ring (bicyclic) bond motifs is 1. The van der Waals surface area contributed by atoms with E-state index in [0.29, 0.717) is 12.6 Å². The van der Waals surface area contributed by atoms with E-state index >= 15 is 0 Å². The van der Waals surface area contributed by atoms with Crippen LogP contribution in [-0.4, -0.2) is 28.3 Å². The molecule has 0 radical (unpaired) electrons. The number of aryl methyl sites for hydroxylation is 2. The van der Waals surface area contributed by atoms with Gasteiger partial charge in [-0.2, -0.15) is 5.10 Å². The number of nitrogens with zero attached hydrogens (tertiary/aromatic N) is 3. The maximum absolute atomic E-state index is 11.6. The highest BCUT2D eigenvalue weighted by Gasteiger charge is 2.37. The third-order valence-electron chi connectivity index (χ3n) is 3.24. The van der Waals surface area contributed by atoms with Crippen molar-refractivity contribution in [2.75, 3.05) is 16.8 Å². The van der Waals surface area contributed by atoms with Gasteiger partial charge in [0.1, 0.15) is 5.69 Å². The molecule has 1 saturated carbocycles. The lowest BCUT2D eigenvalue weighted by Crippen LogP contribution is -2.40. The highest BCUT2D eigenvalue weighted by molar-refractivity contribution is 6.01. The number of hydrogen-bond donors (Lipinski definition) is 1. The van der Waals surface area contributed by atoms with Crippen LogP contribution in [0.25, 0.3) is 0 Å².